The Labute approximate surface area is 184 Å². The van der Waals surface area contributed by atoms with Gasteiger partial charge in [-0.25, -0.2) is 0 Å². The van der Waals surface area contributed by atoms with E-state index in [2.05, 4.69) is 29.6 Å². The van der Waals surface area contributed by atoms with Crippen LogP contribution in [0.1, 0.15) is 38.7 Å². The van der Waals surface area contributed by atoms with Gasteiger partial charge in [0.2, 0.25) is 5.91 Å². The lowest BCUT2D eigenvalue weighted by Crippen LogP contribution is -2.63. The maximum atomic E-state index is 13.4. The van der Waals surface area contributed by atoms with E-state index in [1.54, 1.807) is 0 Å². The van der Waals surface area contributed by atoms with Crippen molar-refractivity contribution in [2.45, 2.75) is 51.2 Å². The number of morpholine rings is 1. The van der Waals surface area contributed by atoms with Gasteiger partial charge in [-0.05, 0) is 43.4 Å². The fraction of sp³-hybridized carbons (Fsp3) is 0.462. The van der Waals surface area contributed by atoms with E-state index in [1.165, 1.54) is 0 Å². The van der Waals surface area contributed by atoms with E-state index in [0.29, 0.717) is 26.1 Å². The number of nitrogens with one attached hydrogen (secondary N) is 1. The van der Waals surface area contributed by atoms with Gasteiger partial charge in [0.1, 0.15) is 0 Å². The zero-order valence-electron chi connectivity index (χ0n) is 18.5. The second-order valence-electron chi connectivity index (χ2n) is 9.06. The van der Waals surface area contributed by atoms with Gasteiger partial charge in [-0.15, -0.1) is 0 Å². The molecular weight excluding hydrogens is 388 g/mol. The zero-order valence-corrected chi connectivity index (χ0v) is 18.5. The first-order valence-corrected chi connectivity index (χ1v) is 11.4. The van der Waals surface area contributed by atoms with E-state index in [-0.39, 0.29) is 23.8 Å². The molecule has 0 spiro atoms. The Morgan fingerprint density at radius 3 is 2.48 bits per heavy atom. The van der Waals surface area contributed by atoms with E-state index in [4.69, 9.17) is 4.74 Å². The summed E-state index contributed by atoms with van der Waals surface area (Å²) in [4.78, 5) is 28.3. The van der Waals surface area contributed by atoms with Crippen molar-refractivity contribution >= 4 is 11.8 Å². The standard InChI is InChI=1S/C26H32N2O3/c1-19(2)27-25(30)26(18-28(15-16-31-26)24(29)21-12-8-13-21)17-22-11-6-7-14-23(22)20-9-4-3-5-10-20/h3-7,9-11,14,19,21H,8,12-13,15-18H2,1-2H3,(H,27,30)/t26-/m1/s1. The van der Waals surface area contributed by atoms with Crippen LogP contribution >= 0.6 is 0 Å². The molecular formula is C26H32N2O3. The van der Waals surface area contributed by atoms with Gasteiger partial charge in [0.25, 0.3) is 5.91 Å². The number of carbonyl (C=O) groups is 2. The van der Waals surface area contributed by atoms with Crippen LogP contribution in [0, 0.1) is 5.92 Å². The minimum absolute atomic E-state index is 0.00458. The Morgan fingerprint density at radius 1 is 1.10 bits per heavy atom. The summed E-state index contributed by atoms with van der Waals surface area (Å²) < 4.78 is 6.23. The third kappa shape index (κ3) is 4.67. The smallest absolute Gasteiger partial charge is 0.254 e. The van der Waals surface area contributed by atoms with Gasteiger partial charge < -0.3 is 15.0 Å². The summed E-state index contributed by atoms with van der Waals surface area (Å²) >= 11 is 0. The molecule has 1 N–H and O–H groups in total. The fourth-order valence-electron chi connectivity index (χ4n) is 4.49. The molecule has 1 aliphatic heterocycles. The molecule has 1 heterocycles. The number of nitrogens with zero attached hydrogens (tertiary/aromatic N) is 1. The third-order valence-electron chi connectivity index (χ3n) is 6.36. The SMILES string of the molecule is CC(C)NC(=O)[C@@]1(Cc2ccccc2-c2ccccc2)CN(C(=O)C2CCC2)CCO1. The molecule has 0 bridgehead atoms. The molecule has 1 atom stereocenters. The number of carbonyl (C=O) groups excluding carboxylic acids is 2. The van der Waals surface area contributed by atoms with Crippen LogP contribution in [0.3, 0.4) is 0 Å². The molecule has 5 nitrogen and oxygen atoms in total. The highest BCUT2D eigenvalue weighted by Crippen LogP contribution is 2.33. The lowest BCUT2D eigenvalue weighted by atomic mass is 9.83. The average molecular weight is 421 g/mol. The van der Waals surface area contributed by atoms with Crippen molar-refractivity contribution in [2.24, 2.45) is 5.92 Å². The van der Waals surface area contributed by atoms with Crippen molar-refractivity contribution in [3.05, 3.63) is 60.2 Å². The quantitative estimate of drug-likeness (QED) is 0.773. The fourth-order valence-corrected chi connectivity index (χ4v) is 4.49. The summed E-state index contributed by atoms with van der Waals surface area (Å²) in [6.07, 6.45) is 3.45. The van der Waals surface area contributed by atoms with E-state index < -0.39 is 5.60 Å². The number of ether oxygens (including phenoxy) is 1. The zero-order chi connectivity index (χ0) is 21.8. The van der Waals surface area contributed by atoms with Gasteiger partial charge in [0, 0.05) is 24.9 Å². The second-order valence-corrected chi connectivity index (χ2v) is 9.06. The summed E-state index contributed by atoms with van der Waals surface area (Å²) in [5, 5.41) is 3.05. The molecule has 2 aromatic carbocycles. The number of rotatable bonds is 6. The van der Waals surface area contributed by atoms with Crippen molar-refractivity contribution in [1.29, 1.82) is 0 Å². The molecule has 2 amide bonds. The molecule has 2 aliphatic rings. The lowest BCUT2D eigenvalue weighted by molar-refractivity contribution is -0.169. The first-order chi connectivity index (χ1) is 15.0. The molecule has 1 aliphatic carbocycles. The van der Waals surface area contributed by atoms with Crippen molar-refractivity contribution in [3.8, 4) is 11.1 Å². The van der Waals surface area contributed by atoms with Gasteiger partial charge >= 0.3 is 0 Å². The van der Waals surface area contributed by atoms with Crippen LogP contribution in [0.2, 0.25) is 0 Å². The number of benzene rings is 2. The summed E-state index contributed by atoms with van der Waals surface area (Å²) in [5.41, 5.74) is 2.15. The highest BCUT2D eigenvalue weighted by atomic mass is 16.5. The van der Waals surface area contributed by atoms with Gasteiger partial charge in [-0.2, -0.15) is 0 Å². The van der Waals surface area contributed by atoms with Crippen molar-refractivity contribution in [3.63, 3.8) is 0 Å². The van der Waals surface area contributed by atoms with Crippen LogP contribution in [0.5, 0.6) is 0 Å². The number of hydrogen-bond acceptors (Lipinski definition) is 3. The summed E-state index contributed by atoms with van der Waals surface area (Å²) in [6, 6.07) is 18.3. The summed E-state index contributed by atoms with van der Waals surface area (Å²) in [6.45, 7) is 5.11. The summed E-state index contributed by atoms with van der Waals surface area (Å²) in [5.74, 6) is 0.143. The van der Waals surface area contributed by atoms with E-state index in [9.17, 15) is 9.59 Å². The van der Waals surface area contributed by atoms with Crippen LogP contribution in [0.4, 0.5) is 0 Å². The predicted molar refractivity (Wildman–Crippen MR) is 121 cm³/mol. The molecule has 164 valence electrons. The van der Waals surface area contributed by atoms with Crippen LogP contribution in [0.25, 0.3) is 11.1 Å². The van der Waals surface area contributed by atoms with Gasteiger partial charge in [0.05, 0.1) is 13.2 Å². The van der Waals surface area contributed by atoms with Crippen LogP contribution in [0.15, 0.2) is 54.6 Å². The molecule has 2 fully saturated rings. The normalized spacial score (nSPS) is 21.6. The monoisotopic (exact) mass is 420 g/mol. The molecule has 31 heavy (non-hydrogen) atoms. The van der Waals surface area contributed by atoms with Gasteiger partial charge in [-0.1, -0.05) is 61.0 Å². The molecule has 0 unspecified atom stereocenters. The number of amides is 2. The average Bonchev–Trinajstić information content (AvgIpc) is 2.73. The maximum Gasteiger partial charge on any atom is 0.254 e. The van der Waals surface area contributed by atoms with Crippen LogP contribution in [-0.4, -0.2) is 48.1 Å². The van der Waals surface area contributed by atoms with Crippen LogP contribution in [-0.2, 0) is 20.7 Å². The minimum atomic E-state index is -1.09. The molecule has 4 rings (SSSR count). The molecule has 1 saturated carbocycles. The van der Waals surface area contributed by atoms with Crippen molar-refractivity contribution in [2.75, 3.05) is 19.7 Å². The van der Waals surface area contributed by atoms with E-state index in [0.717, 1.165) is 36.0 Å². The van der Waals surface area contributed by atoms with Crippen molar-refractivity contribution < 1.29 is 14.3 Å². The largest absolute Gasteiger partial charge is 0.361 e. The lowest BCUT2D eigenvalue weighted by Gasteiger charge is -2.44. The minimum Gasteiger partial charge on any atom is -0.361 e. The molecule has 1 saturated heterocycles. The molecule has 0 radical (unpaired) electrons. The van der Waals surface area contributed by atoms with Crippen LogP contribution < -0.4 is 5.32 Å². The molecule has 5 heteroatoms. The topological polar surface area (TPSA) is 58.6 Å². The highest BCUT2D eigenvalue weighted by Gasteiger charge is 2.46. The summed E-state index contributed by atoms with van der Waals surface area (Å²) in [7, 11) is 0. The Balaban J connectivity index is 1.66. The first-order valence-electron chi connectivity index (χ1n) is 11.4. The predicted octanol–water partition coefficient (Wildman–Crippen LogP) is 3.82. The van der Waals surface area contributed by atoms with Gasteiger partial charge in [-0.3, -0.25) is 9.59 Å². The third-order valence-corrected chi connectivity index (χ3v) is 6.36. The molecule has 0 aromatic heterocycles. The highest BCUT2D eigenvalue weighted by molar-refractivity contribution is 5.88. The van der Waals surface area contributed by atoms with E-state index in [1.807, 2.05) is 49.1 Å². The second kappa shape index (κ2) is 9.23. The first kappa shape index (κ1) is 21.6. The molecule has 2 aromatic rings. The van der Waals surface area contributed by atoms with E-state index >= 15 is 0 Å². The Hall–Kier alpha value is -2.66. The Morgan fingerprint density at radius 2 is 1.81 bits per heavy atom. The Bertz CT molecular complexity index is 923. The van der Waals surface area contributed by atoms with Gasteiger partial charge in [0.15, 0.2) is 5.60 Å². The Kier molecular flexibility index (Phi) is 6.42. The number of hydrogen-bond donors (Lipinski definition) is 1. The maximum absolute atomic E-state index is 13.4. The van der Waals surface area contributed by atoms with Crippen molar-refractivity contribution in [1.82, 2.24) is 10.2 Å².